The van der Waals surface area contributed by atoms with E-state index in [4.69, 9.17) is 17.3 Å². The molecule has 0 aliphatic heterocycles. The van der Waals surface area contributed by atoms with Crippen molar-refractivity contribution in [2.24, 2.45) is 11.7 Å². The highest BCUT2D eigenvalue weighted by atomic mass is 35.5. The van der Waals surface area contributed by atoms with E-state index in [1.54, 1.807) is 0 Å². The van der Waals surface area contributed by atoms with Crippen molar-refractivity contribution in [1.82, 2.24) is 0 Å². The molecule has 2 rings (SSSR count). The maximum absolute atomic E-state index is 10.9. The minimum absolute atomic E-state index is 0.00171. The minimum atomic E-state index is -0.470. The molecule has 0 unspecified atom stereocenters. The fourth-order valence-corrected chi connectivity index (χ4v) is 2.02. The number of carbonyl (C=O) groups excluding carboxylic acids is 1. The summed E-state index contributed by atoms with van der Waals surface area (Å²) < 4.78 is 0. The van der Waals surface area contributed by atoms with Crippen LogP contribution in [0.25, 0.3) is 0 Å². The van der Waals surface area contributed by atoms with Gasteiger partial charge in [0.15, 0.2) is 0 Å². The van der Waals surface area contributed by atoms with Crippen LogP contribution in [0.2, 0.25) is 5.02 Å². The van der Waals surface area contributed by atoms with E-state index in [-0.39, 0.29) is 17.5 Å². The Morgan fingerprint density at radius 1 is 1.56 bits per heavy atom. The monoisotopic (exact) mass is 240 g/mol. The Balaban J connectivity index is 2.37. The van der Waals surface area contributed by atoms with Gasteiger partial charge >= 0.3 is 0 Å². The number of benzene rings is 1. The third-order valence-electron chi connectivity index (χ3n) is 2.74. The second kappa shape index (κ2) is 3.75. The van der Waals surface area contributed by atoms with Crippen LogP contribution in [-0.2, 0) is 4.79 Å². The molecule has 1 aromatic rings. The number of amides is 1. The molecule has 2 atom stereocenters. The average molecular weight is 241 g/mol. The highest BCUT2D eigenvalue weighted by molar-refractivity contribution is 6.30. The lowest BCUT2D eigenvalue weighted by molar-refractivity contribution is -0.385. The van der Waals surface area contributed by atoms with Gasteiger partial charge in [-0.15, -0.1) is 0 Å². The molecule has 6 heteroatoms. The van der Waals surface area contributed by atoms with Crippen LogP contribution >= 0.6 is 11.6 Å². The van der Waals surface area contributed by atoms with Crippen LogP contribution < -0.4 is 5.73 Å². The van der Waals surface area contributed by atoms with E-state index >= 15 is 0 Å². The third kappa shape index (κ3) is 1.86. The molecule has 84 valence electrons. The summed E-state index contributed by atoms with van der Waals surface area (Å²) in [6, 6.07) is 4.35. The van der Waals surface area contributed by atoms with Crippen LogP contribution in [0.3, 0.4) is 0 Å². The number of rotatable bonds is 3. The summed E-state index contributed by atoms with van der Waals surface area (Å²) >= 11 is 5.78. The van der Waals surface area contributed by atoms with Gasteiger partial charge in [0.2, 0.25) is 5.91 Å². The fraction of sp³-hybridized carbons (Fsp3) is 0.300. The van der Waals surface area contributed by atoms with Gasteiger partial charge in [0.05, 0.1) is 4.92 Å². The summed E-state index contributed by atoms with van der Waals surface area (Å²) in [4.78, 5) is 21.2. The standard InChI is InChI=1S/C10H9ClN2O3/c11-5-1-2-9(13(15)16)7(3-5)6-4-8(6)10(12)14/h1-3,6,8H,4H2,(H2,12,14)/t6-,8+/m1/s1. The number of nitrogens with zero attached hydrogens (tertiary/aromatic N) is 1. The Morgan fingerprint density at radius 2 is 2.25 bits per heavy atom. The normalized spacial score (nSPS) is 22.8. The van der Waals surface area contributed by atoms with Crippen molar-refractivity contribution >= 4 is 23.2 Å². The zero-order valence-electron chi connectivity index (χ0n) is 8.22. The van der Waals surface area contributed by atoms with E-state index in [2.05, 4.69) is 0 Å². The van der Waals surface area contributed by atoms with Gasteiger partial charge in [-0.1, -0.05) is 11.6 Å². The molecule has 1 aliphatic carbocycles. The lowest BCUT2D eigenvalue weighted by atomic mass is 10.1. The van der Waals surface area contributed by atoms with E-state index in [1.165, 1.54) is 18.2 Å². The largest absolute Gasteiger partial charge is 0.369 e. The molecule has 1 amide bonds. The molecule has 1 aliphatic rings. The van der Waals surface area contributed by atoms with Gasteiger partial charge in [-0.2, -0.15) is 0 Å². The molecule has 16 heavy (non-hydrogen) atoms. The van der Waals surface area contributed by atoms with Crippen molar-refractivity contribution < 1.29 is 9.72 Å². The number of nitro groups is 1. The molecule has 1 aromatic carbocycles. The van der Waals surface area contributed by atoms with Crippen molar-refractivity contribution in [3.63, 3.8) is 0 Å². The van der Waals surface area contributed by atoms with E-state index < -0.39 is 10.8 Å². The summed E-state index contributed by atoms with van der Waals surface area (Å²) in [5.41, 5.74) is 5.65. The minimum Gasteiger partial charge on any atom is -0.369 e. The quantitative estimate of drug-likeness (QED) is 0.646. The zero-order chi connectivity index (χ0) is 11.9. The van der Waals surface area contributed by atoms with Gasteiger partial charge in [-0.3, -0.25) is 14.9 Å². The van der Waals surface area contributed by atoms with Gasteiger partial charge in [-0.05, 0) is 18.6 Å². The number of nitro benzene ring substituents is 1. The van der Waals surface area contributed by atoms with Crippen molar-refractivity contribution in [3.05, 3.63) is 38.9 Å². The number of nitrogens with two attached hydrogens (primary N) is 1. The van der Waals surface area contributed by atoms with Crippen LogP contribution in [0.5, 0.6) is 0 Å². The van der Waals surface area contributed by atoms with Crippen molar-refractivity contribution in [2.75, 3.05) is 0 Å². The molecule has 0 bridgehead atoms. The summed E-state index contributed by atoms with van der Waals surface area (Å²) in [5, 5.41) is 11.2. The number of carbonyl (C=O) groups is 1. The summed E-state index contributed by atoms with van der Waals surface area (Å²) in [6.45, 7) is 0. The number of halogens is 1. The number of hydrogen-bond donors (Lipinski definition) is 1. The Bertz CT molecular complexity index is 475. The first kappa shape index (κ1) is 10.9. The molecular formula is C10H9ClN2O3. The van der Waals surface area contributed by atoms with Gasteiger partial charge < -0.3 is 5.73 Å². The predicted octanol–water partition coefficient (Wildman–Crippen LogP) is 1.84. The first-order valence-corrected chi connectivity index (χ1v) is 5.11. The number of hydrogen-bond acceptors (Lipinski definition) is 3. The first-order valence-electron chi connectivity index (χ1n) is 4.74. The molecule has 0 aromatic heterocycles. The highest BCUT2D eigenvalue weighted by Crippen LogP contribution is 2.50. The van der Waals surface area contributed by atoms with Crippen LogP contribution in [0.4, 0.5) is 5.69 Å². The maximum Gasteiger partial charge on any atom is 0.272 e. The van der Waals surface area contributed by atoms with E-state index in [0.29, 0.717) is 17.0 Å². The van der Waals surface area contributed by atoms with Gasteiger partial charge in [0.1, 0.15) is 0 Å². The molecule has 0 heterocycles. The third-order valence-corrected chi connectivity index (χ3v) is 2.98. The Kier molecular flexibility index (Phi) is 2.55. The van der Waals surface area contributed by atoms with Gasteiger partial charge in [0.25, 0.3) is 5.69 Å². The molecule has 0 radical (unpaired) electrons. The molecular weight excluding hydrogens is 232 g/mol. The molecule has 2 N–H and O–H groups in total. The molecule has 0 spiro atoms. The predicted molar refractivity (Wildman–Crippen MR) is 58.1 cm³/mol. The van der Waals surface area contributed by atoms with E-state index in [9.17, 15) is 14.9 Å². The lowest BCUT2D eigenvalue weighted by Crippen LogP contribution is -2.13. The Hall–Kier alpha value is -1.62. The lowest BCUT2D eigenvalue weighted by Gasteiger charge is -2.01. The SMILES string of the molecule is NC(=O)[C@H]1C[C@@H]1c1cc(Cl)ccc1[N+](=O)[O-]. The fourth-order valence-electron chi connectivity index (χ4n) is 1.84. The molecule has 5 nitrogen and oxygen atoms in total. The number of primary amides is 1. The highest BCUT2D eigenvalue weighted by Gasteiger charge is 2.45. The van der Waals surface area contributed by atoms with Crippen molar-refractivity contribution in [2.45, 2.75) is 12.3 Å². The van der Waals surface area contributed by atoms with E-state index in [1.807, 2.05) is 0 Å². The van der Waals surface area contributed by atoms with Gasteiger partial charge in [0, 0.05) is 28.5 Å². The summed E-state index contributed by atoms with van der Waals surface area (Å²) in [5.74, 6) is -0.868. The Labute approximate surface area is 96.3 Å². The summed E-state index contributed by atoms with van der Waals surface area (Å²) in [6.07, 6.45) is 0.566. The zero-order valence-corrected chi connectivity index (χ0v) is 8.98. The van der Waals surface area contributed by atoms with Crippen molar-refractivity contribution in [3.8, 4) is 0 Å². The molecule has 0 saturated heterocycles. The van der Waals surface area contributed by atoms with Crippen molar-refractivity contribution in [1.29, 1.82) is 0 Å². The van der Waals surface area contributed by atoms with Gasteiger partial charge in [-0.25, -0.2) is 0 Å². The van der Waals surface area contributed by atoms with Crippen LogP contribution in [0.15, 0.2) is 18.2 Å². The molecule has 1 fully saturated rings. The van der Waals surface area contributed by atoms with E-state index in [0.717, 1.165) is 0 Å². The van der Waals surface area contributed by atoms with Crippen LogP contribution in [-0.4, -0.2) is 10.8 Å². The first-order chi connectivity index (χ1) is 7.50. The maximum atomic E-state index is 10.9. The Morgan fingerprint density at radius 3 is 2.75 bits per heavy atom. The second-order valence-corrected chi connectivity index (χ2v) is 4.25. The summed E-state index contributed by atoms with van der Waals surface area (Å²) in [7, 11) is 0. The smallest absolute Gasteiger partial charge is 0.272 e. The molecule has 1 saturated carbocycles. The average Bonchev–Trinajstić information content (AvgIpc) is 2.96. The van der Waals surface area contributed by atoms with Crippen LogP contribution in [0, 0.1) is 16.0 Å². The topological polar surface area (TPSA) is 86.2 Å². The second-order valence-electron chi connectivity index (χ2n) is 3.81. The van der Waals surface area contributed by atoms with Crippen LogP contribution in [0.1, 0.15) is 17.9 Å².